The third-order valence-corrected chi connectivity index (χ3v) is 8.23. The molecule has 2 atom stereocenters. The van der Waals surface area contributed by atoms with Crippen molar-refractivity contribution in [2.75, 3.05) is 13.1 Å². The van der Waals surface area contributed by atoms with Gasteiger partial charge in [-0.3, -0.25) is 9.59 Å². The van der Waals surface area contributed by atoms with E-state index in [1.807, 2.05) is 0 Å². The summed E-state index contributed by atoms with van der Waals surface area (Å²) in [5.41, 5.74) is 0.165. The molecular formula is C23H28Cl2FN3O4S. The summed E-state index contributed by atoms with van der Waals surface area (Å²) in [5, 5.41) is 10.4. The summed E-state index contributed by atoms with van der Waals surface area (Å²) in [4.78, 5) is 28.4. The Morgan fingerprint density at radius 2 is 1.91 bits per heavy atom. The molecule has 2 heterocycles. The van der Waals surface area contributed by atoms with Crippen LogP contribution in [0.3, 0.4) is 0 Å². The van der Waals surface area contributed by atoms with Gasteiger partial charge in [0.05, 0.1) is 32.4 Å². The zero-order chi connectivity index (χ0) is 25.4. The SMILES string of the molecule is Cc1cc(O)c([C@H](N[S@@](=O)C(C)(C)C)C2CCN(C(=O)c3c[nH]c(=O)c(Cl)c3)CC2)c(F)c1Cl. The summed E-state index contributed by atoms with van der Waals surface area (Å²) >= 11 is 12.0. The number of hydrogen-bond donors (Lipinski definition) is 3. The van der Waals surface area contributed by atoms with Gasteiger partial charge in [-0.2, -0.15) is 0 Å². The molecular weight excluding hydrogens is 504 g/mol. The van der Waals surface area contributed by atoms with Gasteiger partial charge in [-0.1, -0.05) is 23.2 Å². The number of hydrogen-bond acceptors (Lipinski definition) is 4. The summed E-state index contributed by atoms with van der Waals surface area (Å²) in [5.74, 6) is -1.52. The Balaban J connectivity index is 1.87. The van der Waals surface area contributed by atoms with Gasteiger partial charge in [0.15, 0.2) is 5.82 Å². The quantitative estimate of drug-likeness (QED) is 0.529. The zero-order valence-electron chi connectivity index (χ0n) is 19.4. The van der Waals surface area contributed by atoms with Crippen LogP contribution in [0.5, 0.6) is 5.75 Å². The first-order valence-corrected chi connectivity index (χ1v) is 12.7. The van der Waals surface area contributed by atoms with Gasteiger partial charge in [0.25, 0.3) is 11.5 Å². The third-order valence-electron chi connectivity index (χ3n) is 5.91. The van der Waals surface area contributed by atoms with E-state index in [2.05, 4.69) is 9.71 Å². The van der Waals surface area contributed by atoms with E-state index >= 15 is 4.39 Å². The first-order valence-electron chi connectivity index (χ1n) is 10.8. The summed E-state index contributed by atoms with van der Waals surface area (Å²) in [6.45, 7) is 7.68. The van der Waals surface area contributed by atoms with Crippen molar-refractivity contribution >= 4 is 40.1 Å². The number of likely N-dealkylation sites (tertiary alicyclic amines) is 1. The maximum Gasteiger partial charge on any atom is 0.266 e. The van der Waals surface area contributed by atoms with Gasteiger partial charge >= 0.3 is 0 Å². The number of aromatic hydroxyl groups is 1. The largest absolute Gasteiger partial charge is 0.507 e. The lowest BCUT2D eigenvalue weighted by molar-refractivity contribution is 0.0673. The van der Waals surface area contributed by atoms with Crippen LogP contribution in [0.25, 0.3) is 0 Å². The normalized spacial score (nSPS) is 17.0. The average molecular weight is 532 g/mol. The Morgan fingerprint density at radius 1 is 1.29 bits per heavy atom. The highest BCUT2D eigenvalue weighted by Gasteiger charge is 2.36. The number of phenols is 1. The van der Waals surface area contributed by atoms with Gasteiger partial charge in [0.2, 0.25) is 0 Å². The van der Waals surface area contributed by atoms with Crippen molar-refractivity contribution in [2.24, 2.45) is 5.92 Å². The first kappa shape index (κ1) is 26.7. The summed E-state index contributed by atoms with van der Waals surface area (Å²) in [6, 6.07) is 1.94. The van der Waals surface area contributed by atoms with Gasteiger partial charge in [-0.15, -0.1) is 0 Å². The maximum atomic E-state index is 15.2. The van der Waals surface area contributed by atoms with E-state index in [0.717, 1.165) is 0 Å². The molecule has 7 nitrogen and oxygen atoms in total. The molecule has 0 unspecified atom stereocenters. The second-order valence-corrected chi connectivity index (χ2v) is 12.2. The molecule has 1 aromatic carbocycles. The van der Waals surface area contributed by atoms with Gasteiger partial charge in [0.1, 0.15) is 10.8 Å². The maximum absolute atomic E-state index is 15.2. The fourth-order valence-corrected chi connectivity index (χ4v) is 5.15. The number of phenolic OH excluding ortho intramolecular Hbond substituents is 1. The van der Waals surface area contributed by atoms with Crippen LogP contribution in [0, 0.1) is 18.7 Å². The lowest BCUT2D eigenvalue weighted by Gasteiger charge is -2.37. The highest BCUT2D eigenvalue weighted by Crippen LogP contribution is 2.41. The minimum absolute atomic E-state index is 0.0228. The predicted molar refractivity (Wildman–Crippen MR) is 132 cm³/mol. The van der Waals surface area contributed by atoms with Crippen LogP contribution in [0.2, 0.25) is 10.0 Å². The van der Waals surface area contributed by atoms with E-state index in [1.165, 1.54) is 18.3 Å². The molecule has 0 radical (unpaired) electrons. The van der Waals surface area contributed by atoms with E-state index in [0.29, 0.717) is 31.5 Å². The van der Waals surface area contributed by atoms with Crippen molar-refractivity contribution in [2.45, 2.75) is 51.3 Å². The molecule has 0 spiro atoms. The fraction of sp³-hybridized carbons (Fsp3) is 0.478. The van der Waals surface area contributed by atoms with Gasteiger partial charge < -0.3 is 15.0 Å². The lowest BCUT2D eigenvalue weighted by atomic mass is 9.85. The van der Waals surface area contributed by atoms with Crippen LogP contribution in [0.4, 0.5) is 4.39 Å². The number of rotatable bonds is 5. The minimum atomic E-state index is -1.55. The van der Waals surface area contributed by atoms with Gasteiger partial charge in [-0.25, -0.2) is 13.3 Å². The molecule has 1 fully saturated rings. The molecule has 1 amide bonds. The summed E-state index contributed by atoms with van der Waals surface area (Å²) in [6.07, 6.45) is 2.25. The standard InChI is InChI=1S/C23H28Cl2FN3O4S/c1-12-9-16(30)17(19(26)18(12)25)20(28-34(33)23(2,3)4)13-5-7-29(8-6-13)22(32)14-10-15(24)21(31)27-11-14/h9-11,13,20,28,30H,5-8H2,1-4H3,(H,27,31)/t20-,34+/m1/s1. The number of pyridine rings is 1. The molecule has 1 aliphatic heterocycles. The number of aromatic nitrogens is 1. The number of carbonyl (C=O) groups is 1. The number of nitrogens with one attached hydrogen (secondary N) is 2. The molecule has 2 aromatic rings. The number of H-pyrrole nitrogens is 1. The number of nitrogens with zero attached hydrogens (tertiary/aromatic N) is 1. The van der Waals surface area contributed by atoms with E-state index in [1.54, 1.807) is 32.6 Å². The van der Waals surface area contributed by atoms with Gasteiger partial charge in [0, 0.05) is 24.8 Å². The molecule has 0 aliphatic carbocycles. The van der Waals surface area contributed by atoms with Crippen molar-refractivity contribution in [1.29, 1.82) is 0 Å². The number of carbonyl (C=O) groups excluding carboxylic acids is 1. The van der Waals surface area contributed by atoms with E-state index < -0.39 is 33.2 Å². The highest BCUT2D eigenvalue weighted by molar-refractivity contribution is 7.84. The number of amides is 1. The van der Waals surface area contributed by atoms with E-state index in [4.69, 9.17) is 23.2 Å². The number of halogens is 3. The molecule has 1 aliphatic rings. The predicted octanol–water partition coefficient (Wildman–Crippen LogP) is 4.48. The zero-order valence-corrected chi connectivity index (χ0v) is 21.7. The molecule has 186 valence electrons. The molecule has 11 heteroatoms. The number of aromatic amines is 1. The van der Waals surface area contributed by atoms with Crippen molar-refractivity contribution in [3.63, 3.8) is 0 Å². The van der Waals surface area contributed by atoms with Gasteiger partial charge in [-0.05, 0) is 64.2 Å². The monoisotopic (exact) mass is 531 g/mol. The topological polar surface area (TPSA) is 102 Å². The second kappa shape index (κ2) is 10.4. The van der Waals surface area contributed by atoms with Crippen LogP contribution in [0.15, 0.2) is 23.1 Å². The smallest absolute Gasteiger partial charge is 0.266 e. The summed E-state index contributed by atoms with van der Waals surface area (Å²) in [7, 11) is -1.55. The van der Waals surface area contributed by atoms with Crippen LogP contribution >= 0.6 is 23.2 Å². The molecule has 3 N–H and O–H groups in total. The minimum Gasteiger partial charge on any atom is -0.507 e. The van der Waals surface area contributed by atoms with Crippen LogP contribution in [-0.4, -0.2) is 42.9 Å². The van der Waals surface area contributed by atoms with Crippen molar-refractivity contribution in [1.82, 2.24) is 14.6 Å². The molecule has 34 heavy (non-hydrogen) atoms. The Morgan fingerprint density at radius 3 is 2.47 bits per heavy atom. The lowest BCUT2D eigenvalue weighted by Crippen LogP contribution is -2.44. The van der Waals surface area contributed by atoms with Crippen LogP contribution in [-0.2, 0) is 11.0 Å². The molecule has 1 saturated heterocycles. The van der Waals surface area contributed by atoms with Crippen molar-refractivity contribution in [3.8, 4) is 5.75 Å². The fourth-order valence-electron chi connectivity index (χ4n) is 3.93. The molecule has 0 bridgehead atoms. The third kappa shape index (κ3) is 5.64. The molecule has 1 aromatic heterocycles. The highest BCUT2D eigenvalue weighted by atomic mass is 35.5. The Bertz CT molecular complexity index is 1170. The summed E-state index contributed by atoms with van der Waals surface area (Å²) < 4.78 is 30.6. The van der Waals surface area contributed by atoms with Crippen molar-refractivity contribution in [3.05, 3.63) is 61.2 Å². The van der Waals surface area contributed by atoms with Crippen LogP contribution in [0.1, 0.15) is 61.1 Å². The van der Waals surface area contributed by atoms with E-state index in [-0.39, 0.29) is 38.7 Å². The molecule has 3 rings (SSSR count). The van der Waals surface area contributed by atoms with Crippen molar-refractivity contribution < 1.29 is 18.5 Å². The second-order valence-electron chi connectivity index (χ2n) is 9.43. The Kier molecular flexibility index (Phi) is 8.12. The Labute approximate surface area is 210 Å². The Hall–Kier alpha value is -1.94. The first-order chi connectivity index (χ1) is 15.8. The average Bonchev–Trinajstić information content (AvgIpc) is 2.77. The van der Waals surface area contributed by atoms with E-state index in [9.17, 15) is 18.9 Å². The number of benzene rings is 1. The number of aryl methyl sites for hydroxylation is 1. The number of piperidine rings is 1. The van der Waals surface area contributed by atoms with Crippen LogP contribution < -0.4 is 10.3 Å². The molecule has 0 saturated carbocycles.